The van der Waals surface area contributed by atoms with Crippen LogP contribution in [0.15, 0.2) is 42.5 Å². The van der Waals surface area contributed by atoms with Crippen molar-refractivity contribution in [3.05, 3.63) is 59.7 Å². The molecule has 0 unspecified atom stereocenters. The van der Waals surface area contributed by atoms with Gasteiger partial charge < -0.3 is 9.80 Å². The van der Waals surface area contributed by atoms with Gasteiger partial charge in [-0.1, -0.05) is 18.2 Å². The molecule has 2 aliphatic rings. The van der Waals surface area contributed by atoms with Crippen LogP contribution in [-0.2, 0) is 11.2 Å². The Hall–Kier alpha value is -2.47. The van der Waals surface area contributed by atoms with Crippen LogP contribution in [0.3, 0.4) is 0 Å². The third-order valence-corrected chi connectivity index (χ3v) is 5.45. The molecule has 2 aliphatic heterocycles. The summed E-state index contributed by atoms with van der Waals surface area (Å²) in [6, 6.07) is 11.8. The molecule has 2 heterocycles. The number of anilines is 2. The van der Waals surface area contributed by atoms with Gasteiger partial charge in [0.2, 0.25) is 5.91 Å². The smallest absolute Gasteiger partial charge is 0.228 e. The van der Waals surface area contributed by atoms with E-state index < -0.39 is 11.6 Å². The number of rotatable bonds is 4. The number of halogens is 2. The fourth-order valence-electron chi connectivity index (χ4n) is 3.94. The summed E-state index contributed by atoms with van der Waals surface area (Å²) in [4.78, 5) is 18.7. The van der Waals surface area contributed by atoms with E-state index in [9.17, 15) is 13.6 Å². The maximum Gasteiger partial charge on any atom is 0.228 e. The molecule has 0 aliphatic carbocycles. The maximum absolute atomic E-state index is 13.9. The van der Waals surface area contributed by atoms with Crippen molar-refractivity contribution in [2.24, 2.45) is 0 Å². The Morgan fingerprint density at radius 1 is 0.926 bits per heavy atom. The zero-order valence-electron chi connectivity index (χ0n) is 15.2. The number of amides is 1. The molecular formula is C21H23F2N3O. The summed E-state index contributed by atoms with van der Waals surface area (Å²) in [5.41, 5.74) is 2.72. The number of para-hydroxylation sites is 1. The largest absolute Gasteiger partial charge is 0.367 e. The van der Waals surface area contributed by atoms with Crippen LogP contribution in [0, 0.1) is 11.6 Å². The molecule has 142 valence electrons. The lowest BCUT2D eigenvalue weighted by atomic mass is 10.2. The van der Waals surface area contributed by atoms with Gasteiger partial charge >= 0.3 is 0 Å². The quantitative estimate of drug-likeness (QED) is 0.827. The number of hydrogen-bond acceptors (Lipinski definition) is 3. The lowest BCUT2D eigenvalue weighted by molar-refractivity contribution is -0.118. The number of nitrogens with zero attached hydrogens (tertiary/aromatic N) is 3. The summed E-state index contributed by atoms with van der Waals surface area (Å²) in [6.45, 7) is 4.33. The van der Waals surface area contributed by atoms with E-state index in [1.807, 2.05) is 28.0 Å². The molecule has 0 radical (unpaired) electrons. The van der Waals surface area contributed by atoms with E-state index in [4.69, 9.17) is 0 Å². The second-order valence-electron chi connectivity index (χ2n) is 7.10. The average Bonchev–Trinajstić information content (AvgIpc) is 3.11. The van der Waals surface area contributed by atoms with Gasteiger partial charge in [-0.2, -0.15) is 0 Å². The molecule has 2 aromatic carbocycles. The molecule has 1 amide bonds. The van der Waals surface area contributed by atoms with Gasteiger partial charge in [-0.15, -0.1) is 0 Å². The third kappa shape index (κ3) is 3.81. The zero-order valence-corrected chi connectivity index (χ0v) is 15.2. The Kier molecular flexibility index (Phi) is 5.07. The first-order valence-corrected chi connectivity index (χ1v) is 9.42. The van der Waals surface area contributed by atoms with Crippen molar-refractivity contribution < 1.29 is 13.6 Å². The van der Waals surface area contributed by atoms with E-state index >= 15 is 0 Å². The molecule has 0 bridgehead atoms. The standard InChI is InChI=1S/C21H23F2N3O/c22-17-5-6-20(18(23)15-17)25-13-11-24(12-14-25)9-8-21(27)26-10-7-16-3-1-2-4-19(16)26/h1-6,15H,7-14H2. The maximum atomic E-state index is 13.9. The van der Waals surface area contributed by atoms with Crippen LogP contribution in [0.1, 0.15) is 12.0 Å². The summed E-state index contributed by atoms with van der Waals surface area (Å²) >= 11 is 0. The third-order valence-electron chi connectivity index (χ3n) is 5.45. The number of fused-ring (bicyclic) bond motifs is 1. The summed E-state index contributed by atoms with van der Waals surface area (Å²) in [5, 5.41) is 0. The van der Waals surface area contributed by atoms with Gasteiger partial charge in [-0.05, 0) is 30.2 Å². The van der Waals surface area contributed by atoms with E-state index in [1.54, 1.807) is 0 Å². The Bertz CT molecular complexity index is 834. The fourth-order valence-corrected chi connectivity index (χ4v) is 3.94. The highest BCUT2D eigenvalue weighted by atomic mass is 19.1. The van der Waals surface area contributed by atoms with E-state index in [0.717, 1.165) is 37.8 Å². The van der Waals surface area contributed by atoms with Gasteiger partial charge in [-0.3, -0.25) is 9.69 Å². The van der Waals surface area contributed by atoms with Crippen LogP contribution in [0.25, 0.3) is 0 Å². The van der Waals surface area contributed by atoms with Crippen molar-refractivity contribution in [3.63, 3.8) is 0 Å². The average molecular weight is 371 g/mol. The van der Waals surface area contributed by atoms with Crippen molar-refractivity contribution in [2.75, 3.05) is 49.1 Å². The van der Waals surface area contributed by atoms with Gasteiger partial charge in [0.1, 0.15) is 11.6 Å². The summed E-state index contributed by atoms with van der Waals surface area (Å²) < 4.78 is 27.0. The topological polar surface area (TPSA) is 26.8 Å². The summed E-state index contributed by atoms with van der Waals surface area (Å²) in [5.74, 6) is -0.921. The first-order chi connectivity index (χ1) is 13.1. The molecule has 0 aromatic heterocycles. The summed E-state index contributed by atoms with van der Waals surface area (Å²) in [7, 11) is 0. The van der Waals surface area contributed by atoms with Crippen molar-refractivity contribution in [3.8, 4) is 0 Å². The number of benzene rings is 2. The second-order valence-corrected chi connectivity index (χ2v) is 7.10. The van der Waals surface area contributed by atoms with E-state index in [2.05, 4.69) is 11.0 Å². The molecule has 2 aromatic rings. The Morgan fingerprint density at radius 2 is 1.70 bits per heavy atom. The van der Waals surface area contributed by atoms with Gasteiger partial charge in [0.25, 0.3) is 0 Å². The fraction of sp³-hybridized carbons (Fsp3) is 0.381. The van der Waals surface area contributed by atoms with Crippen LogP contribution in [0.5, 0.6) is 0 Å². The first-order valence-electron chi connectivity index (χ1n) is 9.42. The van der Waals surface area contributed by atoms with Crippen LogP contribution in [0.2, 0.25) is 0 Å². The monoisotopic (exact) mass is 371 g/mol. The molecule has 1 saturated heterocycles. The molecule has 6 heteroatoms. The minimum Gasteiger partial charge on any atom is -0.367 e. The van der Waals surface area contributed by atoms with Crippen LogP contribution in [-0.4, -0.2) is 50.1 Å². The molecule has 4 rings (SSSR count). The lowest BCUT2D eigenvalue weighted by Crippen LogP contribution is -2.47. The van der Waals surface area contributed by atoms with Crippen molar-refractivity contribution in [1.29, 1.82) is 0 Å². The van der Waals surface area contributed by atoms with Crippen LogP contribution >= 0.6 is 0 Å². The number of carbonyl (C=O) groups excluding carboxylic acids is 1. The van der Waals surface area contributed by atoms with Gasteiger partial charge in [0.15, 0.2) is 0 Å². The number of piperazine rings is 1. The molecule has 27 heavy (non-hydrogen) atoms. The molecule has 4 nitrogen and oxygen atoms in total. The molecule has 0 spiro atoms. The van der Waals surface area contributed by atoms with E-state index in [0.29, 0.717) is 31.7 Å². The Morgan fingerprint density at radius 3 is 2.48 bits per heavy atom. The van der Waals surface area contributed by atoms with Crippen molar-refractivity contribution >= 4 is 17.3 Å². The Balaban J connectivity index is 1.28. The van der Waals surface area contributed by atoms with Crippen molar-refractivity contribution in [1.82, 2.24) is 4.90 Å². The van der Waals surface area contributed by atoms with Crippen LogP contribution < -0.4 is 9.80 Å². The number of hydrogen-bond donors (Lipinski definition) is 0. The molecule has 0 N–H and O–H groups in total. The van der Waals surface area contributed by atoms with Gasteiger partial charge in [0.05, 0.1) is 5.69 Å². The van der Waals surface area contributed by atoms with Gasteiger partial charge in [0, 0.05) is 57.4 Å². The summed E-state index contributed by atoms with van der Waals surface area (Å²) in [6.07, 6.45) is 1.41. The number of carbonyl (C=O) groups is 1. The lowest BCUT2D eigenvalue weighted by Gasteiger charge is -2.36. The molecule has 1 fully saturated rings. The van der Waals surface area contributed by atoms with E-state index in [-0.39, 0.29) is 5.91 Å². The predicted molar refractivity (Wildman–Crippen MR) is 102 cm³/mol. The normalized spacial score (nSPS) is 17.3. The Labute approximate surface area is 158 Å². The second kappa shape index (κ2) is 7.64. The molecular weight excluding hydrogens is 348 g/mol. The highest BCUT2D eigenvalue weighted by Gasteiger charge is 2.25. The van der Waals surface area contributed by atoms with Crippen molar-refractivity contribution in [2.45, 2.75) is 12.8 Å². The molecule has 0 saturated carbocycles. The predicted octanol–water partition coefficient (Wildman–Crippen LogP) is 3.07. The SMILES string of the molecule is O=C(CCN1CCN(c2ccc(F)cc2F)CC1)N1CCc2ccccc21. The zero-order chi connectivity index (χ0) is 18.8. The van der Waals surface area contributed by atoms with Gasteiger partial charge in [-0.25, -0.2) is 8.78 Å². The minimum atomic E-state index is -0.558. The highest BCUT2D eigenvalue weighted by Crippen LogP contribution is 2.28. The highest BCUT2D eigenvalue weighted by molar-refractivity contribution is 5.95. The van der Waals surface area contributed by atoms with E-state index in [1.165, 1.54) is 17.7 Å². The van der Waals surface area contributed by atoms with Crippen LogP contribution in [0.4, 0.5) is 20.2 Å². The first kappa shape index (κ1) is 17.9. The molecule has 0 atom stereocenters. The minimum absolute atomic E-state index is 0.159.